The Hall–Kier alpha value is -5.92. The lowest BCUT2D eigenvalue weighted by atomic mass is 9.82. The number of aromatic nitrogens is 5. The van der Waals surface area contributed by atoms with E-state index >= 15 is 4.79 Å². The highest BCUT2D eigenvalue weighted by Gasteiger charge is 2.66. The fourth-order valence-corrected chi connectivity index (χ4v) is 14.1. The number of benzene rings is 5. The van der Waals surface area contributed by atoms with Gasteiger partial charge in [0.1, 0.15) is 5.75 Å². The first-order valence-electron chi connectivity index (χ1n) is 20.6. The summed E-state index contributed by atoms with van der Waals surface area (Å²) in [5.74, 6) is 0.0914. The SMILES string of the molecule is COc1ccc([Si](C)(C)[C@@H]2[C@@H](CCn3cc(C(CO)c4ccccc4)nn3)O[C@]3(C(=O)N(Cc4cccc(-n5ncc6ccccc6c5=O)c4)c4ccc(Cl)cc43)[C@H]2C)cc1. The third-order valence-corrected chi connectivity index (χ3v) is 17.5. The van der Waals surface area contributed by atoms with E-state index in [1.807, 2.05) is 119 Å². The molecule has 11 nitrogen and oxygen atoms in total. The topological polar surface area (TPSA) is 125 Å². The third kappa shape index (κ3) is 7.07. The second-order valence-electron chi connectivity index (χ2n) is 16.7. The van der Waals surface area contributed by atoms with Crippen LogP contribution < -0.4 is 20.4 Å². The second-order valence-corrected chi connectivity index (χ2v) is 21.8. The number of anilines is 1. The maximum absolute atomic E-state index is 15.5. The molecule has 2 aromatic heterocycles. The zero-order valence-electron chi connectivity index (χ0n) is 34.5. The molecule has 2 aliphatic heterocycles. The molecule has 13 heteroatoms. The van der Waals surface area contributed by atoms with Gasteiger partial charge in [-0.05, 0) is 71.6 Å². The van der Waals surface area contributed by atoms with Gasteiger partial charge in [-0.1, -0.05) is 115 Å². The van der Waals surface area contributed by atoms with Crippen LogP contribution in [0.4, 0.5) is 5.69 Å². The van der Waals surface area contributed by atoms with E-state index in [1.54, 1.807) is 19.4 Å². The predicted octanol–water partition coefficient (Wildman–Crippen LogP) is 7.62. The zero-order chi connectivity index (χ0) is 42.5. The fraction of sp³-hybridized carbons (Fsp3) is 0.271. The van der Waals surface area contributed by atoms with Gasteiger partial charge in [0.15, 0.2) is 5.60 Å². The number of aliphatic hydroxyl groups is 1. The van der Waals surface area contributed by atoms with Crippen LogP contribution in [0.25, 0.3) is 16.5 Å². The summed E-state index contributed by atoms with van der Waals surface area (Å²) < 4.78 is 16.1. The Kier molecular flexibility index (Phi) is 10.7. The molecule has 1 saturated heterocycles. The second kappa shape index (κ2) is 16.2. The Labute approximate surface area is 360 Å². The van der Waals surface area contributed by atoms with Crippen molar-refractivity contribution in [1.29, 1.82) is 0 Å². The molecule has 7 aromatic rings. The van der Waals surface area contributed by atoms with Crippen LogP contribution in [0.3, 0.4) is 0 Å². The van der Waals surface area contributed by atoms with Gasteiger partial charge < -0.3 is 19.5 Å². The number of carbonyl (C=O) groups is 1. The summed E-state index contributed by atoms with van der Waals surface area (Å²) in [5, 5.41) is 26.9. The van der Waals surface area contributed by atoms with Crippen LogP contribution in [-0.2, 0) is 28.2 Å². The number of amides is 1. The number of carbonyl (C=O) groups excluding carboxylic acids is 1. The number of aliphatic hydroxyl groups excluding tert-OH is 1. The summed E-state index contributed by atoms with van der Waals surface area (Å²) >= 11 is 6.78. The van der Waals surface area contributed by atoms with E-state index < -0.39 is 13.7 Å². The summed E-state index contributed by atoms with van der Waals surface area (Å²) in [5.41, 5.74) is 3.04. The van der Waals surface area contributed by atoms with E-state index in [0.29, 0.717) is 34.8 Å². The number of rotatable bonds is 12. The summed E-state index contributed by atoms with van der Waals surface area (Å²) in [7, 11) is -0.769. The smallest absolute Gasteiger partial charge is 0.279 e. The molecule has 0 radical (unpaired) electrons. The molecule has 0 bridgehead atoms. The first-order chi connectivity index (χ1) is 29.5. The maximum atomic E-state index is 15.5. The molecule has 0 saturated carbocycles. The minimum absolute atomic E-state index is 0.0108. The van der Waals surface area contributed by atoms with E-state index in [4.69, 9.17) is 21.1 Å². The number of methoxy groups -OCH3 is 1. The van der Waals surface area contributed by atoms with Gasteiger partial charge in [0.25, 0.3) is 11.5 Å². The summed E-state index contributed by atoms with van der Waals surface area (Å²) in [6.07, 6.45) is 3.83. The van der Waals surface area contributed by atoms with Crippen molar-refractivity contribution in [1.82, 2.24) is 24.8 Å². The van der Waals surface area contributed by atoms with E-state index in [2.05, 4.69) is 47.6 Å². The van der Waals surface area contributed by atoms with Crippen molar-refractivity contribution in [2.45, 2.75) is 62.7 Å². The predicted molar refractivity (Wildman–Crippen MR) is 240 cm³/mol. The largest absolute Gasteiger partial charge is 0.497 e. The van der Waals surface area contributed by atoms with Gasteiger partial charge in [0, 0.05) is 34.6 Å². The molecular formula is C48H47ClN6O5Si. The van der Waals surface area contributed by atoms with Gasteiger partial charge in [0.2, 0.25) is 0 Å². The lowest BCUT2D eigenvalue weighted by Crippen LogP contribution is -2.51. The zero-order valence-corrected chi connectivity index (χ0v) is 36.2. The lowest BCUT2D eigenvalue weighted by Gasteiger charge is -2.37. The Morgan fingerprint density at radius 2 is 1.70 bits per heavy atom. The molecule has 1 spiro atoms. The van der Waals surface area contributed by atoms with Crippen LogP contribution in [-0.4, -0.2) is 63.7 Å². The molecule has 1 amide bonds. The van der Waals surface area contributed by atoms with Crippen molar-refractivity contribution in [3.8, 4) is 11.4 Å². The minimum Gasteiger partial charge on any atom is -0.497 e. The number of ether oxygens (including phenoxy) is 2. The molecule has 310 valence electrons. The highest BCUT2D eigenvalue weighted by molar-refractivity contribution is 6.91. The number of hydrogen-bond donors (Lipinski definition) is 1. The van der Waals surface area contributed by atoms with Crippen LogP contribution in [0.1, 0.15) is 41.6 Å². The van der Waals surface area contributed by atoms with Crippen molar-refractivity contribution < 1.29 is 19.4 Å². The van der Waals surface area contributed by atoms with Crippen molar-refractivity contribution >= 4 is 47.2 Å². The molecule has 2 aliphatic rings. The van der Waals surface area contributed by atoms with Gasteiger partial charge in [-0.2, -0.15) is 9.78 Å². The first kappa shape index (κ1) is 40.5. The monoisotopic (exact) mass is 850 g/mol. The van der Waals surface area contributed by atoms with Crippen LogP contribution in [0, 0.1) is 5.92 Å². The minimum atomic E-state index is -2.44. The lowest BCUT2D eigenvalue weighted by molar-refractivity contribution is -0.146. The average molecular weight is 851 g/mol. The van der Waals surface area contributed by atoms with Gasteiger partial charge in [-0.3, -0.25) is 14.3 Å². The Morgan fingerprint density at radius 1 is 0.934 bits per heavy atom. The highest BCUT2D eigenvalue weighted by Crippen LogP contribution is 2.60. The van der Waals surface area contributed by atoms with Gasteiger partial charge >= 0.3 is 0 Å². The molecule has 5 aromatic carbocycles. The summed E-state index contributed by atoms with van der Waals surface area (Å²) in [4.78, 5) is 30.8. The standard InChI is InChI=1S/C48H47ClN6O5Si/c1-31-45(61(3,4)38-20-18-37(59-2)19-21-38)44(23-24-53-29-42(51-52-53)40(30-56)33-12-6-5-7-13-33)60-48(31)41-26-35(49)17-22-43(41)54(47(48)58)28-32-11-10-15-36(25-32)55-46(57)39-16-9-8-14-34(39)27-50-55/h5-22,25-27,29,31,40,44-45,56H,23-24,28,30H2,1-4H3/t31-,40?,44+,45-,48+/m0/s1. The van der Waals surface area contributed by atoms with Crippen LogP contribution >= 0.6 is 11.6 Å². The van der Waals surface area contributed by atoms with E-state index in [1.165, 1.54) is 9.87 Å². The number of halogens is 1. The van der Waals surface area contributed by atoms with Gasteiger partial charge in [-0.15, -0.1) is 5.10 Å². The average Bonchev–Trinajstić information content (AvgIpc) is 3.94. The molecule has 4 heterocycles. The molecule has 1 fully saturated rings. The van der Waals surface area contributed by atoms with Crippen LogP contribution in [0.2, 0.25) is 23.7 Å². The van der Waals surface area contributed by atoms with Crippen LogP contribution in [0.5, 0.6) is 5.75 Å². The molecule has 0 aliphatic carbocycles. The molecule has 9 rings (SSSR count). The first-order valence-corrected chi connectivity index (χ1v) is 24.1. The Balaban J connectivity index is 1.07. The number of fused-ring (bicyclic) bond motifs is 3. The highest BCUT2D eigenvalue weighted by atomic mass is 35.5. The fourth-order valence-electron chi connectivity index (χ4n) is 9.85. The molecule has 1 N–H and O–H groups in total. The number of hydrogen-bond acceptors (Lipinski definition) is 8. The Morgan fingerprint density at radius 3 is 2.48 bits per heavy atom. The summed E-state index contributed by atoms with van der Waals surface area (Å²) in [6, 6.07) is 38.7. The molecule has 1 unspecified atom stereocenters. The van der Waals surface area contributed by atoms with E-state index in [9.17, 15) is 9.90 Å². The maximum Gasteiger partial charge on any atom is 0.279 e. The number of nitrogens with zero attached hydrogens (tertiary/aromatic N) is 6. The van der Waals surface area contributed by atoms with Crippen molar-refractivity contribution in [3.63, 3.8) is 0 Å². The van der Waals surface area contributed by atoms with Gasteiger partial charge in [0.05, 0.1) is 69.0 Å². The van der Waals surface area contributed by atoms with E-state index in [-0.39, 0.29) is 48.1 Å². The van der Waals surface area contributed by atoms with Crippen molar-refractivity contribution in [2.24, 2.45) is 5.92 Å². The van der Waals surface area contributed by atoms with E-state index in [0.717, 1.165) is 33.5 Å². The van der Waals surface area contributed by atoms with Crippen molar-refractivity contribution in [2.75, 3.05) is 18.6 Å². The summed E-state index contributed by atoms with van der Waals surface area (Å²) in [6.45, 7) is 7.51. The Bertz CT molecular complexity index is 2800. The van der Waals surface area contributed by atoms with Gasteiger partial charge in [-0.25, -0.2) is 0 Å². The molecule has 61 heavy (non-hydrogen) atoms. The van der Waals surface area contributed by atoms with Crippen molar-refractivity contribution in [3.05, 3.63) is 171 Å². The number of aryl methyl sites for hydroxylation is 1. The molecular weight excluding hydrogens is 804 g/mol. The quantitative estimate of drug-likeness (QED) is 0.125. The normalized spacial score (nSPS) is 20.4. The van der Waals surface area contributed by atoms with Crippen LogP contribution in [0.15, 0.2) is 139 Å². The molecule has 5 atom stereocenters. The third-order valence-electron chi connectivity index (χ3n) is 12.9.